The third-order valence-corrected chi connectivity index (χ3v) is 2.21. The molecule has 0 spiro atoms. The number of rotatable bonds is 3. The minimum atomic E-state index is -3.65. The Morgan fingerprint density at radius 3 is 2.31 bits per heavy atom. The first-order valence-electron chi connectivity index (χ1n) is 4.15. The lowest BCUT2D eigenvalue weighted by Crippen LogP contribution is -2.29. The van der Waals surface area contributed by atoms with Crippen molar-refractivity contribution in [3.8, 4) is 0 Å². The maximum Gasteiger partial charge on any atom is 0.335 e. The number of carboxylic acids is 1. The molecule has 0 aliphatic heterocycles. The van der Waals surface area contributed by atoms with E-state index in [4.69, 9.17) is 5.11 Å². The van der Waals surface area contributed by atoms with Gasteiger partial charge in [-0.3, -0.25) is 4.79 Å². The molecule has 0 aliphatic carbocycles. The van der Waals surface area contributed by atoms with Gasteiger partial charge in [0.15, 0.2) is 0 Å². The van der Waals surface area contributed by atoms with Crippen LogP contribution in [0.15, 0.2) is 24.3 Å². The van der Waals surface area contributed by atoms with Gasteiger partial charge in [-0.15, -0.1) is 0 Å². The highest BCUT2D eigenvalue weighted by molar-refractivity contribution is 7.89. The Hall–Kier alpha value is -1.89. The molecule has 86 valence electrons. The van der Waals surface area contributed by atoms with Gasteiger partial charge in [-0.2, -0.15) is 0 Å². The second kappa shape index (κ2) is 4.31. The number of aromatic carboxylic acids is 1. The van der Waals surface area contributed by atoms with Crippen molar-refractivity contribution in [1.82, 2.24) is 4.72 Å². The number of benzene rings is 1. The summed E-state index contributed by atoms with van der Waals surface area (Å²) in [6, 6.07) is 5.09. The summed E-state index contributed by atoms with van der Waals surface area (Å²) in [5.41, 5.74) is -0.105. The highest BCUT2D eigenvalue weighted by Gasteiger charge is 2.12. The molecule has 0 atom stereocenters. The van der Waals surface area contributed by atoms with Crippen molar-refractivity contribution < 1.29 is 23.1 Å². The SMILES string of the molecule is CS(=O)(=O)NC(=O)c1cccc(C(=O)O)c1. The lowest BCUT2D eigenvalue weighted by atomic mass is 10.1. The standard InChI is InChI=1S/C9H9NO5S/c1-16(14,15)10-8(11)6-3-2-4-7(5-6)9(12)13/h2-5H,1H3,(H,10,11)(H,12,13). The summed E-state index contributed by atoms with van der Waals surface area (Å²) in [6.45, 7) is 0. The Kier molecular flexibility index (Phi) is 3.28. The lowest BCUT2D eigenvalue weighted by molar-refractivity contribution is 0.0697. The van der Waals surface area contributed by atoms with Gasteiger partial charge < -0.3 is 5.11 Å². The van der Waals surface area contributed by atoms with Crippen LogP contribution in [0, 0.1) is 0 Å². The van der Waals surface area contributed by atoms with Gasteiger partial charge in [0.1, 0.15) is 0 Å². The number of hydrogen-bond donors (Lipinski definition) is 2. The van der Waals surface area contributed by atoms with Crippen molar-refractivity contribution in [3.05, 3.63) is 35.4 Å². The molecule has 0 unspecified atom stereocenters. The quantitative estimate of drug-likeness (QED) is 0.782. The van der Waals surface area contributed by atoms with E-state index in [9.17, 15) is 18.0 Å². The number of carbonyl (C=O) groups is 2. The second-order valence-electron chi connectivity index (χ2n) is 3.09. The molecular formula is C9H9NO5S. The van der Waals surface area contributed by atoms with Crippen LogP contribution in [0.3, 0.4) is 0 Å². The maximum absolute atomic E-state index is 11.4. The van der Waals surface area contributed by atoms with Gasteiger partial charge in [0.2, 0.25) is 10.0 Å². The third kappa shape index (κ3) is 3.35. The first-order chi connectivity index (χ1) is 7.29. The largest absolute Gasteiger partial charge is 0.478 e. The minimum Gasteiger partial charge on any atom is -0.478 e. The average molecular weight is 243 g/mol. The van der Waals surface area contributed by atoms with Crippen LogP contribution in [0.5, 0.6) is 0 Å². The molecule has 1 aromatic carbocycles. The molecule has 7 heteroatoms. The highest BCUT2D eigenvalue weighted by atomic mass is 32.2. The van der Waals surface area contributed by atoms with Crippen LogP contribution in [0.4, 0.5) is 0 Å². The molecule has 0 heterocycles. The molecule has 0 radical (unpaired) electrons. The number of amides is 1. The van der Waals surface area contributed by atoms with Gasteiger partial charge in [-0.05, 0) is 18.2 Å². The topological polar surface area (TPSA) is 101 Å². The van der Waals surface area contributed by atoms with Gasteiger partial charge >= 0.3 is 5.97 Å². The molecule has 1 aromatic rings. The average Bonchev–Trinajstić information content (AvgIpc) is 2.15. The number of carbonyl (C=O) groups excluding carboxylic acids is 1. The van der Waals surface area contributed by atoms with E-state index in [1.807, 2.05) is 0 Å². The molecule has 16 heavy (non-hydrogen) atoms. The predicted octanol–water partition coefficient (Wildman–Crippen LogP) is 0.0742. The molecule has 1 amide bonds. The fourth-order valence-corrected chi connectivity index (χ4v) is 1.48. The zero-order valence-corrected chi connectivity index (χ0v) is 9.11. The van der Waals surface area contributed by atoms with Gasteiger partial charge in [0.25, 0.3) is 5.91 Å². The molecule has 0 bridgehead atoms. The molecule has 0 saturated heterocycles. The van der Waals surface area contributed by atoms with Crippen LogP contribution in [-0.2, 0) is 10.0 Å². The molecule has 0 aromatic heterocycles. The lowest BCUT2D eigenvalue weighted by Gasteiger charge is -2.03. The van der Waals surface area contributed by atoms with Crippen LogP contribution in [0.2, 0.25) is 0 Å². The Morgan fingerprint density at radius 2 is 1.81 bits per heavy atom. The summed E-state index contributed by atoms with van der Waals surface area (Å²) < 4.78 is 23.3. The molecule has 2 N–H and O–H groups in total. The Labute approximate surface area is 92.0 Å². The maximum atomic E-state index is 11.4. The summed E-state index contributed by atoms with van der Waals surface area (Å²) >= 11 is 0. The number of sulfonamides is 1. The molecule has 6 nitrogen and oxygen atoms in total. The Balaban J connectivity index is 3.01. The van der Waals surface area contributed by atoms with Crippen molar-refractivity contribution in [2.24, 2.45) is 0 Å². The zero-order valence-electron chi connectivity index (χ0n) is 8.30. The fourth-order valence-electron chi connectivity index (χ4n) is 1.02. The second-order valence-corrected chi connectivity index (χ2v) is 4.84. The first-order valence-corrected chi connectivity index (χ1v) is 6.04. The summed E-state index contributed by atoms with van der Waals surface area (Å²) in [4.78, 5) is 22.0. The number of nitrogens with one attached hydrogen (secondary N) is 1. The van der Waals surface area contributed by atoms with E-state index < -0.39 is 21.9 Å². The van der Waals surface area contributed by atoms with Crippen LogP contribution in [0.1, 0.15) is 20.7 Å². The summed E-state index contributed by atoms with van der Waals surface area (Å²) in [5.74, 6) is -2.04. The van der Waals surface area contributed by atoms with E-state index in [1.54, 1.807) is 4.72 Å². The minimum absolute atomic E-state index is 0.0228. The fraction of sp³-hybridized carbons (Fsp3) is 0.111. The summed E-state index contributed by atoms with van der Waals surface area (Å²) in [7, 11) is -3.65. The molecule has 1 rings (SSSR count). The van der Waals surface area contributed by atoms with Crippen LogP contribution >= 0.6 is 0 Å². The van der Waals surface area contributed by atoms with Crippen molar-refractivity contribution >= 4 is 21.9 Å². The Morgan fingerprint density at radius 1 is 1.25 bits per heavy atom. The Bertz CT molecular complexity index is 535. The van der Waals surface area contributed by atoms with Crippen LogP contribution in [-0.4, -0.2) is 31.7 Å². The normalized spacial score (nSPS) is 10.8. The number of carboxylic acid groups (broad SMARTS) is 1. The predicted molar refractivity (Wildman–Crippen MR) is 55.7 cm³/mol. The van der Waals surface area contributed by atoms with Gasteiger partial charge in [-0.25, -0.2) is 17.9 Å². The van der Waals surface area contributed by atoms with Gasteiger partial charge in [0, 0.05) is 5.56 Å². The van der Waals surface area contributed by atoms with Crippen molar-refractivity contribution in [1.29, 1.82) is 0 Å². The van der Waals surface area contributed by atoms with Crippen molar-refractivity contribution in [2.75, 3.05) is 6.26 Å². The number of hydrogen-bond acceptors (Lipinski definition) is 4. The molecular weight excluding hydrogens is 234 g/mol. The first kappa shape index (κ1) is 12.2. The van der Waals surface area contributed by atoms with Crippen LogP contribution < -0.4 is 4.72 Å². The van der Waals surface area contributed by atoms with Gasteiger partial charge in [0.05, 0.1) is 11.8 Å². The van der Waals surface area contributed by atoms with Gasteiger partial charge in [-0.1, -0.05) is 6.07 Å². The van der Waals surface area contributed by atoms with E-state index in [2.05, 4.69) is 0 Å². The van der Waals surface area contributed by atoms with Crippen molar-refractivity contribution in [2.45, 2.75) is 0 Å². The summed E-state index contributed by atoms with van der Waals surface area (Å²) in [5, 5.41) is 8.67. The third-order valence-electron chi connectivity index (χ3n) is 1.65. The van der Waals surface area contributed by atoms with Crippen molar-refractivity contribution in [3.63, 3.8) is 0 Å². The monoisotopic (exact) mass is 243 g/mol. The zero-order chi connectivity index (χ0) is 12.3. The van der Waals surface area contributed by atoms with E-state index >= 15 is 0 Å². The van der Waals surface area contributed by atoms with E-state index in [0.29, 0.717) is 0 Å². The molecule has 0 saturated carbocycles. The highest BCUT2D eigenvalue weighted by Crippen LogP contribution is 2.05. The smallest absolute Gasteiger partial charge is 0.335 e. The molecule has 0 aliphatic rings. The summed E-state index contributed by atoms with van der Waals surface area (Å²) in [6.07, 6.45) is 0.839. The molecule has 0 fully saturated rings. The van der Waals surface area contributed by atoms with Crippen LogP contribution in [0.25, 0.3) is 0 Å². The van der Waals surface area contributed by atoms with E-state index in [1.165, 1.54) is 18.2 Å². The van der Waals surface area contributed by atoms with E-state index in [0.717, 1.165) is 12.3 Å². The van der Waals surface area contributed by atoms with E-state index in [-0.39, 0.29) is 11.1 Å².